The Morgan fingerprint density at radius 2 is 2.57 bits per heavy atom. The minimum atomic E-state index is -0.856. The van der Waals surface area contributed by atoms with Crippen molar-refractivity contribution in [2.45, 2.75) is 25.4 Å². The maximum absolute atomic E-state index is 10.9. The molecule has 1 rings (SSSR count). The molecule has 78 valence electrons. The highest BCUT2D eigenvalue weighted by Crippen LogP contribution is 2.11. The van der Waals surface area contributed by atoms with Gasteiger partial charge >= 0.3 is 5.97 Å². The van der Waals surface area contributed by atoms with E-state index < -0.39 is 12.0 Å². The van der Waals surface area contributed by atoms with Crippen LogP contribution >= 0.6 is 0 Å². The van der Waals surface area contributed by atoms with E-state index >= 15 is 0 Å². The Balaban J connectivity index is 2.72. The van der Waals surface area contributed by atoms with Crippen molar-refractivity contribution < 1.29 is 9.90 Å². The molecule has 1 saturated heterocycles. The van der Waals surface area contributed by atoms with Crippen molar-refractivity contribution in [3.63, 3.8) is 0 Å². The molecule has 1 fully saturated rings. The normalized spacial score (nSPS) is 25.3. The van der Waals surface area contributed by atoms with Crippen molar-refractivity contribution in [2.75, 3.05) is 19.6 Å². The number of nitrogens with one attached hydrogen (secondary N) is 1. The van der Waals surface area contributed by atoms with Gasteiger partial charge in [-0.15, -0.1) is 0 Å². The summed E-state index contributed by atoms with van der Waals surface area (Å²) in [4.78, 5) is 12.7. The second kappa shape index (κ2) is 4.94. The van der Waals surface area contributed by atoms with Crippen LogP contribution in [0.15, 0.2) is 0 Å². The molecule has 2 atom stereocenters. The fraction of sp³-hybridized carbons (Fsp3) is 0.778. The fourth-order valence-corrected chi connectivity index (χ4v) is 1.72. The zero-order valence-electron chi connectivity index (χ0n) is 8.23. The number of aliphatic carboxylic acids is 1. The van der Waals surface area contributed by atoms with E-state index in [0.29, 0.717) is 19.5 Å². The second-order valence-corrected chi connectivity index (χ2v) is 3.35. The summed E-state index contributed by atoms with van der Waals surface area (Å²) >= 11 is 0. The fourth-order valence-electron chi connectivity index (χ4n) is 1.72. The van der Waals surface area contributed by atoms with Gasteiger partial charge in [-0.1, -0.05) is 6.92 Å². The van der Waals surface area contributed by atoms with Crippen LogP contribution in [-0.2, 0) is 4.79 Å². The number of nitriles is 1. The van der Waals surface area contributed by atoms with Crippen LogP contribution in [0.25, 0.3) is 0 Å². The summed E-state index contributed by atoms with van der Waals surface area (Å²) in [5.41, 5.74) is 0. The van der Waals surface area contributed by atoms with E-state index in [0.717, 1.165) is 6.54 Å². The van der Waals surface area contributed by atoms with E-state index in [9.17, 15) is 4.79 Å². The van der Waals surface area contributed by atoms with Crippen LogP contribution in [-0.4, -0.2) is 47.7 Å². The summed E-state index contributed by atoms with van der Waals surface area (Å²) in [5.74, 6) is -0.856. The van der Waals surface area contributed by atoms with Gasteiger partial charge in [0.15, 0.2) is 0 Å². The molecule has 1 aliphatic rings. The second-order valence-electron chi connectivity index (χ2n) is 3.35. The molecule has 0 amide bonds. The van der Waals surface area contributed by atoms with Gasteiger partial charge in [-0.05, 0) is 6.42 Å². The molecule has 0 aliphatic carbocycles. The van der Waals surface area contributed by atoms with E-state index in [-0.39, 0.29) is 6.04 Å². The number of carboxylic acid groups (broad SMARTS) is 1. The minimum absolute atomic E-state index is 0.279. The van der Waals surface area contributed by atoms with Crippen LogP contribution in [0.3, 0.4) is 0 Å². The van der Waals surface area contributed by atoms with Gasteiger partial charge in [0.2, 0.25) is 0 Å². The number of carbonyl (C=O) groups is 1. The van der Waals surface area contributed by atoms with Crippen molar-refractivity contribution in [3.05, 3.63) is 0 Å². The molecule has 14 heavy (non-hydrogen) atoms. The molecule has 2 N–H and O–H groups in total. The van der Waals surface area contributed by atoms with Gasteiger partial charge < -0.3 is 10.4 Å². The average Bonchev–Trinajstić information content (AvgIpc) is 2.20. The molecule has 0 spiro atoms. The number of hydrogen-bond donors (Lipinski definition) is 2. The Kier molecular flexibility index (Phi) is 3.86. The van der Waals surface area contributed by atoms with Crippen LogP contribution in [0, 0.1) is 11.3 Å². The third kappa shape index (κ3) is 2.22. The first kappa shape index (κ1) is 11.0. The first-order chi connectivity index (χ1) is 6.70. The molecule has 0 radical (unpaired) electrons. The summed E-state index contributed by atoms with van der Waals surface area (Å²) in [5, 5.41) is 20.8. The summed E-state index contributed by atoms with van der Waals surface area (Å²) in [6.45, 7) is 3.70. The number of piperazine rings is 1. The Bertz CT molecular complexity index is 249. The monoisotopic (exact) mass is 197 g/mol. The first-order valence-corrected chi connectivity index (χ1v) is 4.79. The highest BCUT2D eigenvalue weighted by molar-refractivity contribution is 5.74. The highest BCUT2D eigenvalue weighted by Gasteiger charge is 2.32. The van der Waals surface area contributed by atoms with Gasteiger partial charge in [0, 0.05) is 19.6 Å². The van der Waals surface area contributed by atoms with E-state index in [4.69, 9.17) is 10.4 Å². The summed E-state index contributed by atoms with van der Waals surface area (Å²) in [6.07, 6.45) is 0.667. The van der Waals surface area contributed by atoms with Gasteiger partial charge in [0.05, 0.1) is 12.1 Å². The van der Waals surface area contributed by atoms with Crippen LogP contribution in [0.2, 0.25) is 0 Å². The van der Waals surface area contributed by atoms with Crippen LogP contribution in [0.4, 0.5) is 0 Å². The molecule has 0 bridgehead atoms. The molecule has 0 aromatic heterocycles. The standard InChI is InChI=1S/C9H15N3O2/c1-2-7(5-10)12-4-3-11-6-8(12)9(13)14/h7-8,11H,2-4,6H2,1H3,(H,13,14). The molecular weight excluding hydrogens is 182 g/mol. The van der Waals surface area contributed by atoms with Crippen LogP contribution < -0.4 is 5.32 Å². The molecular formula is C9H15N3O2. The number of rotatable bonds is 3. The van der Waals surface area contributed by atoms with Crippen LogP contribution in [0.1, 0.15) is 13.3 Å². The Labute approximate surface area is 83.3 Å². The largest absolute Gasteiger partial charge is 0.480 e. The molecule has 5 nitrogen and oxygen atoms in total. The van der Waals surface area contributed by atoms with Crippen molar-refractivity contribution in [1.82, 2.24) is 10.2 Å². The predicted octanol–water partition coefficient (Wildman–Crippen LogP) is -0.353. The maximum atomic E-state index is 10.9. The lowest BCUT2D eigenvalue weighted by Gasteiger charge is -2.35. The maximum Gasteiger partial charge on any atom is 0.322 e. The lowest BCUT2D eigenvalue weighted by molar-refractivity contribution is -0.144. The molecule has 1 aliphatic heterocycles. The first-order valence-electron chi connectivity index (χ1n) is 4.79. The number of hydrogen-bond acceptors (Lipinski definition) is 4. The van der Waals surface area contributed by atoms with Gasteiger partial charge in [-0.3, -0.25) is 9.69 Å². The average molecular weight is 197 g/mol. The Morgan fingerprint density at radius 1 is 1.86 bits per heavy atom. The van der Waals surface area contributed by atoms with Crippen molar-refractivity contribution in [3.8, 4) is 6.07 Å². The third-order valence-electron chi connectivity index (χ3n) is 2.51. The van der Waals surface area contributed by atoms with Gasteiger partial charge in [0.25, 0.3) is 0 Å². The molecule has 5 heteroatoms. The Hall–Kier alpha value is -1.12. The van der Waals surface area contributed by atoms with Crippen molar-refractivity contribution in [1.29, 1.82) is 5.26 Å². The minimum Gasteiger partial charge on any atom is -0.480 e. The van der Waals surface area contributed by atoms with Gasteiger partial charge in [-0.2, -0.15) is 5.26 Å². The SMILES string of the molecule is CCC(C#N)N1CCNCC1C(=O)O. The predicted molar refractivity (Wildman–Crippen MR) is 50.7 cm³/mol. The van der Waals surface area contributed by atoms with Gasteiger partial charge in [0.1, 0.15) is 6.04 Å². The molecule has 0 aromatic carbocycles. The summed E-state index contributed by atoms with van der Waals surface area (Å²) in [7, 11) is 0. The van der Waals surface area contributed by atoms with E-state index in [1.54, 1.807) is 4.90 Å². The Morgan fingerprint density at radius 3 is 3.07 bits per heavy atom. The highest BCUT2D eigenvalue weighted by atomic mass is 16.4. The summed E-state index contributed by atoms with van der Waals surface area (Å²) in [6, 6.07) is 1.30. The van der Waals surface area contributed by atoms with Gasteiger partial charge in [-0.25, -0.2) is 0 Å². The molecule has 0 saturated carbocycles. The molecule has 1 heterocycles. The summed E-state index contributed by atoms with van der Waals surface area (Å²) < 4.78 is 0. The quantitative estimate of drug-likeness (QED) is 0.646. The van der Waals surface area contributed by atoms with Crippen LogP contribution in [0.5, 0.6) is 0 Å². The lowest BCUT2D eigenvalue weighted by atomic mass is 10.1. The van der Waals surface area contributed by atoms with E-state index in [1.165, 1.54) is 0 Å². The molecule has 2 unspecified atom stereocenters. The smallest absolute Gasteiger partial charge is 0.322 e. The van der Waals surface area contributed by atoms with Crippen molar-refractivity contribution in [2.24, 2.45) is 0 Å². The zero-order chi connectivity index (χ0) is 10.6. The third-order valence-corrected chi connectivity index (χ3v) is 2.51. The van der Waals surface area contributed by atoms with Crippen molar-refractivity contribution >= 4 is 5.97 Å². The lowest BCUT2D eigenvalue weighted by Crippen LogP contribution is -2.57. The van der Waals surface area contributed by atoms with E-state index in [2.05, 4.69) is 11.4 Å². The number of nitrogens with zero attached hydrogens (tertiary/aromatic N) is 2. The molecule has 0 aromatic rings. The topological polar surface area (TPSA) is 76.4 Å². The number of carboxylic acids is 1. The zero-order valence-corrected chi connectivity index (χ0v) is 8.23. The van der Waals surface area contributed by atoms with E-state index in [1.807, 2.05) is 6.92 Å².